The van der Waals surface area contributed by atoms with E-state index in [-0.39, 0.29) is 0 Å². The Morgan fingerprint density at radius 3 is 2.93 bits per heavy atom. The highest BCUT2D eigenvalue weighted by Gasteiger charge is 2.24. The number of hydrogen-bond donors (Lipinski definition) is 1. The summed E-state index contributed by atoms with van der Waals surface area (Å²) in [6.45, 7) is 4.27. The van der Waals surface area contributed by atoms with E-state index < -0.39 is 0 Å². The fourth-order valence-electron chi connectivity index (χ4n) is 2.40. The molecule has 0 spiro atoms. The van der Waals surface area contributed by atoms with Gasteiger partial charge in [-0.05, 0) is 44.4 Å². The molecule has 2 N–H and O–H groups in total. The van der Waals surface area contributed by atoms with Gasteiger partial charge in [0.05, 0.1) is 0 Å². The maximum absolute atomic E-state index is 5.52. The van der Waals surface area contributed by atoms with Gasteiger partial charge in [-0.3, -0.25) is 0 Å². The minimum Gasteiger partial charge on any atom is -0.368 e. The molecule has 82 valence electrons. The SMILES string of the molecule is CC1Cc2ccccc2N1CCCCN. The van der Waals surface area contributed by atoms with Crippen molar-refractivity contribution in [3.8, 4) is 0 Å². The van der Waals surface area contributed by atoms with Gasteiger partial charge in [0.15, 0.2) is 0 Å². The van der Waals surface area contributed by atoms with Crippen molar-refractivity contribution < 1.29 is 0 Å². The van der Waals surface area contributed by atoms with Gasteiger partial charge in [-0.1, -0.05) is 18.2 Å². The van der Waals surface area contributed by atoms with E-state index >= 15 is 0 Å². The molecule has 0 fully saturated rings. The summed E-state index contributed by atoms with van der Waals surface area (Å²) in [5.74, 6) is 0. The Bertz CT molecular complexity index is 322. The van der Waals surface area contributed by atoms with Crippen LogP contribution in [0, 0.1) is 0 Å². The molecule has 0 aliphatic carbocycles. The van der Waals surface area contributed by atoms with Crippen LogP contribution in [0.3, 0.4) is 0 Å². The molecule has 1 aromatic carbocycles. The second-order valence-electron chi connectivity index (χ2n) is 4.37. The van der Waals surface area contributed by atoms with E-state index in [1.165, 1.54) is 24.1 Å². The van der Waals surface area contributed by atoms with E-state index in [4.69, 9.17) is 5.73 Å². The molecule has 2 rings (SSSR count). The van der Waals surface area contributed by atoms with Crippen LogP contribution in [-0.2, 0) is 6.42 Å². The van der Waals surface area contributed by atoms with Gasteiger partial charge in [0, 0.05) is 18.3 Å². The Kier molecular flexibility index (Phi) is 3.27. The molecular weight excluding hydrogens is 184 g/mol. The van der Waals surface area contributed by atoms with Crippen LogP contribution in [0.5, 0.6) is 0 Å². The van der Waals surface area contributed by atoms with Gasteiger partial charge in [0.25, 0.3) is 0 Å². The average molecular weight is 204 g/mol. The molecule has 2 nitrogen and oxygen atoms in total. The molecule has 15 heavy (non-hydrogen) atoms. The Balaban J connectivity index is 2.05. The van der Waals surface area contributed by atoms with Crippen LogP contribution in [0.15, 0.2) is 24.3 Å². The lowest BCUT2D eigenvalue weighted by Gasteiger charge is -2.24. The summed E-state index contributed by atoms with van der Waals surface area (Å²) in [7, 11) is 0. The number of unbranched alkanes of at least 4 members (excludes halogenated alkanes) is 1. The molecular formula is C13H20N2. The molecule has 0 aromatic heterocycles. The Morgan fingerprint density at radius 1 is 1.33 bits per heavy atom. The minimum atomic E-state index is 0.653. The Labute approximate surface area is 92.1 Å². The summed E-state index contributed by atoms with van der Waals surface area (Å²) in [5.41, 5.74) is 8.45. The first-order chi connectivity index (χ1) is 7.33. The van der Waals surface area contributed by atoms with Crippen molar-refractivity contribution in [2.75, 3.05) is 18.0 Å². The minimum absolute atomic E-state index is 0.653. The van der Waals surface area contributed by atoms with Crippen LogP contribution in [0.1, 0.15) is 25.3 Å². The lowest BCUT2D eigenvalue weighted by Crippen LogP contribution is -2.30. The van der Waals surface area contributed by atoms with Crippen molar-refractivity contribution >= 4 is 5.69 Å². The van der Waals surface area contributed by atoms with Crippen molar-refractivity contribution in [1.82, 2.24) is 0 Å². The number of hydrogen-bond acceptors (Lipinski definition) is 2. The molecule has 1 aliphatic rings. The van der Waals surface area contributed by atoms with Crippen LogP contribution < -0.4 is 10.6 Å². The van der Waals surface area contributed by atoms with Gasteiger partial charge < -0.3 is 10.6 Å². The summed E-state index contributed by atoms with van der Waals surface area (Å²) in [6, 6.07) is 9.40. The lowest BCUT2D eigenvalue weighted by molar-refractivity contribution is 0.631. The highest BCUT2D eigenvalue weighted by Crippen LogP contribution is 2.31. The summed E-state index contributed by atoms with van der Waals surface area (Å²) in [6.07, 6.45) is 3.53. The third kappa shape index (κ3) is 2.15. The van der Waals surface area contributed by atoms with E-state index in [9.17, 15) is 0 Å². The summed E-state index contributed by atoms with van der Waals surface area (Å²) in [4.78, 5) is 2.52. The first kappa shape index (κ1) is 10.5. The van der Waals surface area contributed by atoms with Crippen LogP contribution in [-0.4, -0.2) is 19.1 Å². The van der Waals surface area contributed by atoms with Crippen LogP contribution in [0.2, 0.25) is 0 Å². The lowest BCUT2D eigenvalue weighted by atomic mass is 10.1. The molecule has 1 aromatic rings. The van der Waals surface area contributed by atoms with Crippen molar-refractivity contribution in [2.45, 2.75) is 32.2 Å². The smallest absolute Gasteiger partial charge is 0.0402 e. The number of nitrogens with two attached hydrogens (primary N) is 1. The molecule has 0 radical (unpaired) electrons. The number of nitrogens with zero attached hydrogens (tertiary/aromatic N) is 1. The van der Waals surface area contributed by atoms with Crippen molar-refractivity contribution in [3.63, 3.8) is 0 Å². The first-order valence-corrected chi connectivity index (χ1v) is 5.87. The van der Waals surface area contributed by atoms with Gasteiger partial charge in [0.1, 0.15) is 0 Å². The predicted molar refractivity (Wildman–Crippen MR) is 65.2 cm³/mol. The normalized spacial score (nSPS) is 19.3. The third-order valence-electron chi connectivity index (χ3n) is 3.20. The largest absolute Gasteiger partial charge is 0.368 e. The fraction of sp³-hybridized carbons (Fsp3) is 0.538. The zero-order chi connectivity index (χ0) is 10.7. The quantitative estimate of drug-likeness (QED) is 0.762. The second-order valence-corrected chi connectivity index (χ2v) is 4.37. The van der Waals surface area contributed by atoms with E-state index in [0.29, 0.717) is 6.04 Å². The zero-order valence-electron chi connectivity index (χ0n) is 9.45. The first-order valence-electron chi connectivity index (χ1n) is 5.87. The van der Waals surface area contributed by atoms with Gasteiger partial charge in [-0.2, -0.15) is 0 Å². The average Bonchev–Trinajstić information content (AvgIpc) is 2.56. The van der Waals surface area contributed by atoms with Crippen molar-refractivity contribution in [3.05, 3.63) is 29.8 Å². The van der Waals surface area contributed by atoms with E-state index in [0.717, 1.165) is 19.5 Å². The van der Waals surface area contributed by atoms with Gasteiger partial charge in [-0.25, -0.2) is 0 Å². The van der Waals surface area contributed by atoms with Gasteiger partial charge in [0.2, 0.25) is 0 Å². The number of para-hydroxylation sites is 1. The highest BCUT2D eigenvalue weighted by molar-refractivity contribution is 5.59. The second kappa shape index (κ2) is 4.67. The molecule has 1 unspecified atom stereocenters. The number of benzene rings is 1. The summed E-state index contributed by atoms with van der Waals surface area (Å²) < 4.78 is 0. The van der Waals surface area contributed by atoms with Gasteiger partial charge >= 0.3 is 0 Å². The molecule has 1 aliphatic heterocycles. The molecule has 2 heteroatoms. The molecule has 0 saturated heterocycles. The Morgan fingerprint density at radius 2 is 2.13 bits per heavy atom. The van der Waals surface area contributed by atoms with E-state index in [1.807, 2.05) is 0 Å². The fourth-order valence-corrected chi connectivity index (χ4v) is 2.40. The predicted octanol–water partition coefficient (Wildman–Crippen LogP) is 2.18. The number of fused-ring (bicyclic) bond motifs is 1. The zero-order valence-corrected chi connectivity index (χ0v) is 9.45. The maximum atomic E-state index is 5.52. The van der Waals surface area contributed by atoms with E-state index in [2.05, 4.69) is 36.1 Å². The van der Waals surface area contributed by atoms with Crippen LogP contribution in [0.25, 0.3) is 0 Å². The number of anilines is 1. The molecule has 1 heterocycles. The highest BCUT2D eigenvalue weighted by atomic mass is 15.2. The van der Waals surface area contributed by atoms with Crippen molar-refractivity contribution in [1.29, 1.82) is 0 Å². The van der Waals surface area contributed by atoms with Crippen LogP contribution in [0.4, 0.5) is 5.69 Å². The van der Waals surface area contributed by atoms with Crippen molar-refractivity contribution in [2.24, 2.45) is 5.73 Å². The monoisotopic (exact) mass is 204 g/mol. The molecule has 0 bridgehead atoms. The summed E-state index contributed by atoms with van der Waals surface area (Å²) in [5, 5.41) is 0. The van der Waals surface area contributed by atoms with Gasteiger partial charge in [-0.15, -0.1) is 0 Å². The molecule has 1 atom stereocenters. The molecule has 0 amide bonds. The van der Waals surface area contributed by atoms with Crippen LogP contribution >= 0.6 is 0 Å². The standard InChI is InChI=1S/C13H20N2/c1-11-10-12-6-2-3-7-13(12)15(11)9-5-4-8-14/h2-3,6-7,11H,4-5,8-10,14H2,1H3. The van der Waals surface area contributed by atoms with E-state index in [1.54, 1.807) is 0 Å². The Hall–Kier alpha value is -1.02. The number of rotatable bonds is 4. The molecule has 0 saturated carbocycles. The topological polar surface area (TPSA) is 29.3 Å². The maximum Gasteiger partial charge on any atom is 0.0402 e. The summed E-state index contributed by atoms with van der Waals surface area (Å²) >= 11 is 0. The third-order valence-corrected chi connectivity index (χ3v) is 3.20.